The molecule has 1 aliphatic rings. The molecular formula is C16H18N2O4S. The molecule has 0 spiro atoms. The van der Waals surface area contributed by atoms with Gasteiger partial charge in [-0.1, -0.05) is 0 Å². The lowest BCUT2D eigenvalue weighted by Gasteiger charge is -2.28. The van der Waals surface area contributed by atoms with Gasteiger partial charge < -0.3 is 9.73 Å². The van der Waals surface area contributed by atoms with Crippen LogP contribution in [0.25, 0.3) is 0 Å². The summed E-state index contributed by atoms with van der Waals surface area (Å²) in [5.74, 6) is 0.627. The van der Waals surface area contributed by atoms with Crippen molar-refractivity contribution in [1.29, 1.82) is 0 Å². The summed E-state index contributed by atoms with van der Waals surface area (Å²) in [6.07, 6.45) is 3.10. The third-order valence-corrected chi connectivity index (χ3v) is 5.64. The van der Waals surface area contributed by atoms with E-state index in [1.54, 1.807) is 42.7 Å². The van der Waals surface area contributed by atoms with Crippen LogP contribution >= 0.6 is 0 Å². The van der Waals surface area contributed by atoms with Gasteiger partial charge in [-0.3, -0.25) is 9.10 Å². The van der Waals surface area contributed by atoms with E-state index in [2.05, 4.69) is 5.32 Å². The lowest BCUT2D eigenvalue weighted by atomic mass is 10.2. The lowest BCUT2D eigenvalue weighted by Crippen LogP contribution is -2.37. The molecular weight excluding hydrogens is 316 g/mol. The highest BCUT2D eigenvalue weighted by atomic mass is 32.2. The summed E-state index contributed by atoms with van der Waals surface area (Å²) in [4.78, 5) is 12.1. The Labute approximate surface area is 135 Å². The minimum atomic E-state index is -3.23. The van der Waals surface area contributed by atoms with Gasteiger partial charge in [0.15, 0.2) is 0 Å². The number of rotatable bonds is 4. The standard InChI is InChI=1S/C16H18N2O4S/c19-16(17-12-15-4-3-10-22-15)13-5-7-14(8-6-13)18-9-1-2-11-23(18,20)21/h3-8,10H,1-2,9,11-12H2,(H,17,19). The van der Waals surface area contributed by atoms with Crippen molar-refractivity contribution in [1.82, 2.24) is 5.32 Å². The maximum absolute atomic E-state index is 12.1. The van der Waals surface area contributed by atoms with Crippen LogP contribution in [0.5, 0.6) is 0 Å². The third kappa shape index (κ3) is 3.56. The molecule has 23 heavy (non-hydrogen) atoms. The van der Waals surface area contributed by atoms with Gasteiger partial charge >= 0.3 is 0 Å². The van der Waals surface area contributed by atoms with Gasteiger partial charge in [-0.15, -0.1) is 0 Å². The minimum Gasteiger partial charge on any atom is -0.467 e. The van der Waals surface area contributed by atoms with E-state index in [1.807, 2.05) is 0 Å². The second-order valence-electron chi connectivity index (χ2n) is 5.40. The van der Waals surface area contributed by atoms with Crippen molar-refractivity contribution in [2.75, 3.05) is 16.6 Å². The first-order valence-electron chi connectivity index (χ1n) is 7.47. The summed E-state index contributed by atoms with van der Waals surface area (Å²) < 4.78 is 30.7. The van der Waals surface area contributed by atoms with Gasteiger partial charge in [0.05, 0.1) is 24.2 Å². The van der Waals surface area contributed by atoms with Gasteiger partial charge in [-0.2, -0.15) is 0 Å². The smallest absolute Gasteiger partial charge is 0.251 e. The SMILES string of the molecule is O=C(NCc1ccco1)c1ccc(N2CCCCS2(=O)=O)cc1. The topological polar surface area (TPSA) is 79.6 Å². The lowest BCUT2D eigenvalue weighted by molar-refractivity contribution is 0.0948. The van der Waals surface area contributed by atoms with Crippen LogP contribution in [0.2, 0.25) is 0 Å². The Bertz CT molecular complexity index is 767. The molecule has 1 aromatic heterocycles. The highest BCUT2D eigenvalue weighted by Crippen LogP contribution is 2.23. The minimum absolute atomic E-state index is 0.179. The number of hydrogen-bond acceptors (Lipinski definition) is 4. The zero-order valence-electron chi connectivity index (χ0n) is 12.6. The number of anilines is 1. The highest BCUT2D eigenvalue weighted by Gasteiger charge is 2.25. The second kappa shape index (κ2) is 6.45. The fraction of sp³-hybridized carbons (Fsp3) is 0.312. The Morgan fingerprint density at radius 3 is 2.61 bits per heavy atom. The van der Waals surface area contributed by atoms with E-state index in [1.165, 1.54) is 4.31 Å². The van der Waals surface area contributed by atoms with Gasteiger partial charge in [0.1, 0.15) is 5.76 Å². The number of carbonyl (C=O) groups is 1. The summed E-state index contributed by atoms with van der Waals surface area (Å²) in [7, 11) is -3.23. The molecule has 1 aromatic carbocycles. The van der Waals surface area contributed by atoms with Crippen LogP contribution in [0.15, 0.2) is 47.1 Å². The van der Waals surface area contributed by atoms with E-state index in [4.69, 9.17) is 4.42 Å². The fourth-order valence-electron chi connectivity index (χ4n) is 2.54. The van der Waals surface area contributed by atoms with Crippen molar-refractivity contribution in [2.45, 2.75) is 19.4 Å². The average Bonchev–Trinajstić information content (AvgIpc) is 3.06. The molecule has 0 unspecified atom stereocenters. The van der Waals surface area contributed by atoms with Crippen molar-refractivity contribution in [3.8, 4) is 0 Å². The molecule has 122 valence electrons. The second-order valence-corrected chi connectivity index (χ2v) is 7.42. The van der Waals surface area contributed by atoms with E-state index in [0.29, 0.717) is 36.5 Å². The van der Waals surface area contributed by atoms with Gasteiger partial charge in [0, 0.05) is 12.1 Å². The number of furan rings is 1. The number of sulfonamides is 1. The average molecular weight is 334 g/mol. The van der Waals surface area contributed by atoms with Gasteiger partial charge in [0.2, 0.25) is 10.0 Å². The molecule has 1 amide bonds. The maximum atomic E-state index is 12.1. The monoisotopic (exact) mass is 334 g/mol. The summed E-state index contributed by atoms with van der Waals surface area (Å²) >= 11 is 0. The highest BCUT2D eigenvalue weighted by molar-refractivity contribution is 7.92. The molecule has 0 bridgehead atoms. The number of hydrogen-bond donors (Lipinski definition) is 1. The number of amides is 1. The molecule has 2 heterocycles. The summed E-state index contributed by atoms with van der Waals surface area (Å²) in [6.45, 7) is 0.806. The third-order valence-electron chi connectivity index (χ3n) is 3.77. The predicted molar refractivity (Wildman–Crippen MR) is 86.7 cm³/mol. The van der Waals surface area contributed by atoms with Crippen molar-refractivity contribution < 1.29 is 17.6 Å². The number of benzene rings is 1. The van der Waals surface area contributed by atoms with E-state index >= 15 is 0 Å². The van der Waals surface area contributed by atoms with Crippen LogP contribution in [0.3, 0.4) is 0 Å². The zero-order chi connectivity index (χ0) is 16.3. The molecule has 7 heteroatoms. The van der Waals surface area contributed by atoms with Crippen LogP contribution in [0.1, 0.15) is 29.0 Å². The van der Waals surface area contributed by atoms with Crippen LogP contribution in [-0.2, 0) is 16.6 Å². The number of nitrogens with one attached hydrogen (secondary N) is 1. The quantitative estimate of drug-likeness (QED) is 0.929. The Balaban J connectivity index is 1.68. The summed E-state index contributed by atoms with van der Waals surface area (Å²) in [5, 5.41) is 2.75. The molecule has 1 N–H and O–H groups in total. The van der Waals surface area contributed by atoms with Crippen LogP contribution in [-0.4, -0.2) is 26.6 Å². The largest absolute Gasteiger partial charge is 0.467 e. The van der Waals surface area contributed by atoms with Gasteiger partial charge in [-0.05, 0) is 49.2 Å². The van der Waals surface area contributed by atoms with Crippen molar-refractivity contribution in [2.24, 2.45) is 0 Å². The van der Waals surface area contributed by atoms with Crippen LogP contribution in [0.4, 0.5) is 5.69 Å². The Morgan fingerprint density at radius 1 is 1.17 bits per heavy atom. The molecule has 3 rings (SSSR count). The molecule has 1 saturated heterocycles. The Hall–Kier alpha value is -2.28. The van der Waals surface area contributed by atoms with Crippen molar-refractivity contribution in [3.05, 3.63) is 54.0 Å². The normalized spacial score (nSPS) is 17.0. The number of nitrogens with zero attached hydrogens (tertiary/aromatic N) is 1. The molecule has 6 nitrogen and oxygen atoms in total. The predicted octanol–water partition coefficient (Wildman–Crippen LogP) is 2.14. The fourth-order valence-corrected chi connectivity index (χ4v) is 4.18. The van der Waals surface area contributed by atoms with E-state index in [0.717, 1.165) is 6.42 Å². The van der Waals surface area contributed by atoms with Gasteiger partial charge in [0.25, 0.3) is 5.91 Å². The van der Waals surface area contributed by atoms with Crippen molar-refractivity contribution in [3.63, 3.8) is 0 Å². The molecule has 1 aliphatic heterocycles. The molecule has 0 atom stereocenters. The Morgan fingerprint density at radius 2 is 1.96 bits per heavy atom. The number of carbonyl (C=O) groups excluding carboxylic acids is 1. The van der Waals surface area contributed by atoms with E-state index in [9.17, 15) is 13.2 Å². The molecule has 1 fully saturated rings. The van der Waals surface area contributed by atoms with Crippen LogP contribution in [0, 0.1) is 0 Å². The molecule has 0 radical (unpaired) electrons. The summed E-state index contributed by atoms with van der Waals surface area (Å²) in [5.41, 5.74) is 1.09. The van der Waals surface area contributed by atoms with Crippen LogP contribution < -0.4 is 9.62 Å². The molecule has 2 aromatic rings. The first kappa shape index (κ1) is 15.6. The Kier molecular flexibility index (Phi) is 4.38. The maximum Gasteiger partial charge on any atom is 0.251 e. The first-order valence-corrected chi connectivity index (χ1v) is 9.08. The summed E-state index contributed by atoms with van der Waals surface area (Å²) in [6, 6.07) is 10.2. The zero-order valence-corrected chi connectivity index (χ0v) is 13.4. The molecule has 0 saturated carbocycles. The van der Waals surface area contributed by atoms with E-state index in [-0.39, 0.29) is 11.7 Å². The van der Waals surface area contributed by atoms with Crippen molar-refractivity contribution >= 4 is 21.6 Å². The van der Waals surface area contributed by atoms with Gasteiger partial charge in [-0.25, -0.2) is 8.42 Å². The first-order chi connectivity index (χ1) is 11.1. The molecule has 0 aliphatic carbocycles. The van der Waals surface area contributed by atoms with E-state index < -0.39 is 10.0 Å².